The van der Waals surface area contributed by atoms with Crippen molar-refractivity contribution in [3.63, 3.8) is 0 Å². The quantitative estimate of drug-likeness (QED) is 0.527. The van der Waals surface area contributed by atoms with Gasteiger partial charge >= 0.3 is 0 Å². The minimum atomic E-state index is 0.0869. The van der Waals surface area contributed by atoms with Gasteiger partial charge in [0.2, 0.25) is 5.91 Å². The molecule has 1 heterocycles. The summed E-state index contributed by atoms with van der Waals surface area (Å²) in [6.45, 7) is 2.45. The van der Waals surface area contributed by atoms with Gasteiger partial charge in [-0.25, -0.2) is 15.8 Å². The molecular formula is C13H22N6O. The standard InChI is InChI=1S/C13H22N6O/c1-8-11(15-7-6-10(20)19(2)3)16-13(9-4-5-9)17-12(8)18-14/h9H,4-7,14H2,1-3H3,(H2,15,16,17,18). The fourth-order valence-corrected chi connectivity index (χ4v) is 1.88. The Labute approximate surface area is 118 Å². The lowest BCUT2D eigenvalue weighted by molar-refractivity contribution is -0.128. The number of aromatic nitrogens is 2. The largest absolute Gasteiger partial charge is 0.369 e. The molecule has 20 heavy (non-hydrogen) atoms. The second-order valence-corrected chi connectivity index (χ2v) is 5.29. The molecule has 4 N–H and O–H groups in total. The van der Waals surface area contributed by atoms with E-state index in [-0.39, 0.29) is 5.91 Å². The molecule has 0 aliphatic heterocycles. The maximum absolute atomic E-state index is 11.5. The molecule has 0 saturated heterocycles. The van der Waals surface area contributed by atoms with Gasteiger partial charge in [-0.05, 0) is 19.8 Å². The number of carbonyl (C=O) groups excluding carboxylic acids is 1. The number of amides is 1. The van der Waals surface area contributed by atoms with Crippen molar-refractivity contribution >= 4 is 17.5 Å². The zero-order chi connectivity index (χ0) is 14.7. The van der Waals surface area contributed by atoms with Crippen LogP contribution < -0.4 is 16.6 Å². The van der Waals surface area contributed by atoms with Crippen LogP contribution in [0.15, 0.2) is 0 Å². The predicted octanol–water partition coefficient (Wildman–Crippen LogP) is 0.838. The van der Waals surface area contributed by atoms with Gasteiger partial charge in [0.15, 0.2) is 0 Å². The Morgan fingerprint density at radius 3 is 2.55 bits per heavy atom. The lowest BCUT2D eigenvalue weighted by atomic mass is 10.2. The van der Waals surface area contributed by atoms with Gasteiger partial charge in [-0.1, -0.05) is 0 Å². The van der Waals surface area contributed by atoms with E-state index in [1.54, 1.807) is 19.0 Å². The van der Waals surface area contributed by atoms with Crippen LogP contribution in [0.4, 0.5) is 11.6 Å². The summed E-state index contributed by atoms with van der Waals surface area (Å²) < 4.78 is 0. The first kappa shape index (κ1) is 14.5. The van der Waals surface area contributed by atoms with Crippen molar-refractivity contribution in [3.05, 3.63) is 11.4 Å². The summed E-state index contributed by atoms with van der Waals surface area (Å²) in [6, 6.07) is 0. The molecule has 0 spiro atoms. The van der Waals surface area contributed by atoms with Crippen LogP contribution in [0.1, 0.15) is 36.6 Å². The van der Waals surface area contributed by atoms with Crippen LogP contribution in [0.25, 0.3) is 0 Å². The minimum Gasteiger partial charge on any atom is -0.369 e. The lowest BCUT2D eigenvalue weighted by Gasteiger charge is -2.14. The number of anilines is 2. The topological polar surface area (TPSA) is 96.2 Å². The predicted molar refractivity (Wildman–Crippen MR) is 78.4 cm³/mol. The van der Waals surface area contributed by atoms with E-state index in [2.05, 4.69) is 20.7 Å². The first-order chi connectivity index (χ1) is 9.52. The Balaban J connectivity index is 2.06. The molecule has 2 rings (SSSR count). The maximum atomic E-state index is 11.5. The van der Waals surface area contributed by atoms with Crippen molar-refractivity contribution in [1.82, 2.24) is 14.9 Å². The van der Waals surface area contributed by atoms with Gasteiger partial charge in [0.05, 0.1) is 0 Å². The van der Waals surface area contributed by atoms with Gasteiger partial charge < -0.3 is 15.6 Å². The van der Waals surface area contributed by atoms with Crippen LogP contribution >= 0.6 is 0 Å². The van der Waals surface area contributed by atoms with Crippen molar-refractivity contribution in [1.29, 1.82) is 0 Å². The molecule has 1 saturated carbocycles. The van der Waals surface area contributed by atoms with E-state index in [0.717, 1.165) is 30.0 Å². The van der Waals surface area contributed by atoms with Gasteiger partial charge in [0, 0.05) is 38.5 Å². The molecule has 7 nitrogen and oxygen atoms in total. The third-order valence-corrected chi connectivity index (χ3v) is 3.37. The molecule has 110 valence electrons. The van der Waals surface area contributed by atoms with Crippen LogP contribution in [0.2, 0.25) is 0 Å². The van der Waals surface area contributed by atoms with Crippen molar-refractivity contribution in [2.75, 3.05) is 31.4 Å². The van der Waals surface area contributed by atoms with Crippen molar-refractivity contribution < 1.29 is 4.79 Å². The van der Waals surface area contributed by atoms with E-state index in [1.807, 2.05) is 6.92 Å². The first-order valence-electron chi connectivity index (χ1n) is 6.82. The molecule has 0 radical (unpaired) electrons. The molecule has 1 aromatic rings. The SMILES string of the molecule is Cc1c(NN)nc(C2CC2)nc1NCCC(=O)N(C)C. The summed E-state index contributed by atoms with van der Waals surface area (Å²) in [7, 11) is 3.50. The number of nitrogens with two attached hydrogens (primary N) is 1. The average molecular weight is 278 g/mol. The summed E-state index contributed by atoms with van der Waals surface area (Å²) in [5, 5.41) is 3.20. The second-order valence-electron chi connectivity index (χ2n) is 5.29. The normalized spacial score (nSPS) is 14.0. The monoisotopic (exact) mass is 278 g/mol. The highest BCUT2D eigenvalue weighted by Gasteiger charge is 2.28. The molecule has 1 aliphatic carbocycles. The summed E-state index contributed by atoms with van der Waals surface area (Å²) in [5.74, 6) is 8.25. The molecule has 1 fully saturated rings. The van der Waals surface area contributed by atoms with Gasteiger partial charge in [0.1, 0.15) is 17.5 Å². The van der Waals surface area contributed by atoms with E-state index < -0.39 is 0 Å². The molecule has 0 atom stereocenters. The number of carbonyl (C=O) groups is 1. The highest BCUT2D eigenvalue weighted by Crippen LogP contribution is 2.39. The van der Waals surface area contributed by atoms with Crippen molar-refractivity contribution in [2.24, 2.45) is 5.84 Å². The zero-order valence-electron chi connectivity index (χ0n) is 12.2. The minimum absolute atomic E-state index is 0.0869. The highest BCUT2D eigenvalue weighted by molar-refractivity contribution is 5.76. The fraction of sp³-hybridized carbons (Fsp3) is 0.615. The highest BCUT2D eigenvalue weighted by atomic mass is 16.2. The molecule has 1 aromatic heterocycles. The van der Waals surface area contributed by atoms with E-state index in [9.17, 15) is 4.79 Å². The summed E-state index contributed by atoms with van der Waals surface area (Å²) in [6.07, 6.45) is 2.69. The van der Waals surface area contributed by atoms with E-state index in [4.69, 9.17) is 5.84 Å². The molecule has 7 heteroatoms. The molecule has 0 aromatic carbocycles. The number of nitrogens with zero attached hydrogens (tertiary/aromatic N) is 3. The van der Waals surface area contributed by atoms with Gasteiger partial charge in [-0.15, -0.1) is 0 Å². The molecule has 0 unspecified atom stereocenters. The number of hydrogen-bond acceptors (Lipinski definition) is 6. The smallest absolute Gasteiger partial charge is 0.223 e. The Bertz CT molecular complexity index is 498. The zero-order valence-corrected chi connectivity index (χ0v) is 12.2. The van der Waals surface area contributed by atoms with Gasteiger partial charge in [-0.3, -0.25) is 4.79 Å². The van der Waals surface area contributed by atoms with Crippen LogP contribution in [0.5, 0.6) is 0 Å². The maximum Gasteiger partial charge on any atom is 0.223 e. The molecule has 1 amide bonds. The van der Waals surface area contributed by atoms with Crippen molar-refractivity contribution in [2.45, 2.75) is 32.1 Å². The fourth-order valence-electron chi connectivity index (χ4n) is 1.88. The summed E-state index contributed by atoms with van der Waals surface area (Å²) >= 11 is 0. The summed E-state index contributed by atoms with van der Waals surface area (Å²) in [4.78, 5) is 22.1. The van der Waals surface area contributed by atoms with Crippen LogP contribution in [-0.4, -0.2) is 41.4 Å². The Hall–Kier alpha value is -1.89. The Morgan fingerprint density at radius 1 is 1.35 bits per heavy atom. The van der Waals surface area contributed by atoms with Gasteiger partial charge in [-0.2, -0.15) is 0 Å². The van der Waals surface area contributed by atoms with Crippen LogP contribution in [-0.2, 0) is 4.79 Å². The van der Waals surface area contributed by atoms with Crippen LogP contribution in [0, 0.1) is 6.92 Å². The molecule has 1 aliphatic rings. The number of nitrogens with one attached hydrogen (secondary N) is 2. The molecular weight excluding hydrogens is 256 g/mol. The van der Waals surface area contributed by atoms with E-state index in [1.165, 1.54) is 0 Å². The average Bonchev–Trinajstić information content (AvgIpc) is 3.24. The van der Waals surface area contributed by atoms with E-state index >= 15 is 0 Å². The third-order valence-electron chi connectivity index (χ3n) is 3.37. The lowest BCUT2D eigenvalue weighted by Crippen LogP contribution is -2.24. The Kier molecular flexibility index (Phi) is 4.39. The van der Waals surface area contributed by atoms with Gasteiger partial charge in [0.25, 0.3) is 0 Å². The molecule has 0 bridgehead atoms. The number of nitrogen functional groups attached to an aromatic ring is 1. The Morgan fingerprint density at radius 2 is 2.00 bits per heavy atom. The van der Waals surface area contributed by atoms with Crippen molar-refractivity contribution in [3.8, 4) is 0 Å². The number of rotatable bonds is 6. The number of hydrogen-bond donors (Lipinski definition) is 3. The third kappa shape index (κ3) is 3.36. The van der Waals surface area contributed by atoms with E-state index in [0.29, 0.717) is 24.7 Å². The first-order valence-corrected chi connectivity index (χ1v) is 6.82. The van der Waals surface area contributed by atoms with Crippen LogP contribution in [0.3, 0.4) is 0 Å². The summed E-state index contributed by atoms with van der Waals surface area (Å²) in [5.41, 5.74) is 3.48. The number of hydrazine groups is 1. The second kappa shape index (κ2) is 6.04.